The van der Waals surface area contributed by atoms with E-state index in [9.17, 15) is 26.7 Å². The number of carbonyl (C=O) groups is 1. The number of halogens is 2. The first-order valence-corrected chi connectivity index (χ1v) is 13.7. The molecule has 0 atom stereocenters. The van der Waals surface area contributed by atoms with Gasteiger partial charge in [0.05, 0.1) is 25.5 Å². The Hall–Kier alpha value is -1.85. The normalized spacial score (nSPS) is 12.2. The van der Waals surface area contributed by atoms with E-state index < -0.39 is 31.5 Å². The summed E-state index contributed by atoms with van der Waals surface area (Å²) in [5.74, 6) is -1.18. The summed E-state index contributed by atoms with van der Waals surface area (Å²) in [5.41, 5.74) is 0.0213. The van der Waals surface area contributed by atoms with Gasteiger partial charge in [-0.2, -0.15) is 4.31 Å². The molecule has 2 rings (SSSR count). The molecule has 0 saturated carbocycles. The van der Waals surface area contributed by atoms with Crippen molar-refractivity contribution in [2.75, 3.05) is 24.7 Å². The van der Waals surface area contributed by atoms with Crippen LogP contribution < -0.4 is 5.32 Å². The second kappa shape index (κ2) is 9.96. The minimum atomic E-state index is -3.93. The lowest BCUT2D eigenvalue weighted by Gasteiger charge is -2.21. The van der Waals surface area contributed by atoms with E-state index in [2.05, 4.69) is 5.32 Å². The summed E-state index contributed by atoms with van der Waals surface area (Å²) in [7, 11) is -7.76. The molecule has 0 aromatic heterocycles. The number of carbonyl (C=O) groups excluding carboxylic acids is 1. The number of hydrogen-bond donors (Lipinski definition) is 2. The van der Waals surface area contributed by atoms with Crippen molar-refractivity contribution in [3.63, 3.8) is 0 Å². The number of hydrogen-bond acceptors (Lipinski definition) is 6. The Morgan fingerprint density at radius 3 is 1.97 bits per heavy atom. The largest absolute Gasteiger partial charge is 0.505 e. The third-order valence-corrected chi connectivity index (χ3v) is 8.59. The third kappa shape index (κ3) is 5.37. The number of phenols is 1. The SMILES string of the molecule is CCc1cc(S(=O)(=O)N(CC)CC)cc(NC(=O)c2cc(Cl)c(O)c(Cl)c2)c1S(C)(=O)=O. The van der Waals surface area contributed by atoms with Gasteiger partial charge in [-0.3, -0.25) is 4.79 Å². The molecule has 0 saturated heterocycles. The van der Waals surface area contributed by atoms with E-state index in [4.69, 9.17) is 23.2 Å². The quantitative estimate of drug-likeness (QED) is 0.541. The summed E-state index contributed by atoms with van der Waals surface area (Å²) < 4.78 is 52.4. The number of sulfonamides is 1. The van der Waals surface area contributed by atoms with E-state index >= 15 is 0 Å². The van der Waals surface area contributed by atoms with Crippen LogP contribution in [0.2, 0.25) is 10.0 Å². The van der Waals surface area contributed by atoms with E-state index in [1.807, 2.05) is 0 Å². The maximum Gasteiger partial charge on any atom is 0.255 e. The van der Waals surface area contributed by atoms with Gasteiger partial charge >= 0.3 is 0 Å². The van der Waals surface area contributed by atoms with Gasteiger partial charge in [-0.25, -0.2) is 16.8 Å². The molecular formula is C20H24Cl2N2O6S2. The molecule has 32 heavy (non-hydrogen) atoms. The molecule has 1 amide bonds. The van der Waals surface area contributed by atoms with Crippen molar-refractivity contribution < 1.29 is 26.7 Å². The molecule has 8 nitrogen and oxygen atoms in total. The van der Waals surface area contributed by atoms with Crippen LogP contribution in [0.15, 0.2) is 34.1 Å². The molecule has 0 unspecified atom stereocenters. The molecular weight excluding hydrogens is 499 g/mol. The number of aromatic hydroxyl groups is 1. The van der Waals surface area contributed by atoms with Gasteiger partial charge in [0, 0.05) is 24.9 Å². The Balaban J connectivity index is 2.73. The minimum absolute atomic E-state index is 0.0488. The fourth-order valence-corrected chi connectivity index (χ4v) is 6.42. The lowest BCUT2D eigenvalue weighted by Crippen LogP contribution is -2.31. The highest BCUT2D eigenvalue weighted by Crippen LogP contribution is 2.34. The highest BCUT2D eigenvalue weighted by Gasteiger charge is 2.28. The van der Waals surface area contributed by atoms with Crippen LogP contribution in [0.5, 0.6) is 5.75 Å². The van der Waals surface area contributed by atoms with Crippen molar-refractivity contribution in [2.45, 2.75) is 37.0 Å². The first-order chi connectivity index (χ1) is 14.8. The monoisotopic (exact) mass is 522 g/mol. The maximum absolute atomic E-state index is 13.1. The number of benzene rings is 2. The van der Waals surface area contributed by atoms with Crippen LogP contribution in [-0.4, -0.2) is 51.5 Å². The Morgan fingerprint density at radius 1 is 1.00 bits per heavy atom. The van der Waals surface area contributed by atoms with E-state index in [-0.39, 0.29) is 56.2 Å². The van der Waals surface area contributed by atoms with E-state index in [1.165, 1.54) is 10.4 Å². The summed E-state index contributed by atoms with van der Waals surface area (Å²) in [6.45, 7) is 5.50. The highest BCUT2D eigenvalue weighted by molar-refractivity contribution is 7.91. The van der Waals surface area contributed by atoms with Crippen molar-refractivity contribution in [1.29, 1.82) is 0 Å². The molecule has 12 heteroatoms. The predicted octanol–water partition coefficient (Wildman–Crippen LogP) is 3.95. The lowest BCUT2D eigenvalue weighted by atomic mass is 10.1. The third-order valence-electron chi connectivity index (χ3n) is 4.76. The van der Waals surface area contributed by atoms with Crippen LogP contribution in [0.1, 0.15) is 36.7 Å². The smallest absolute Gasteiger partial charge is 0.255 e. The Labute approximate surface area is 198 Å². The molecule has 176 valence electrons. The van der Waals surface area contributed by atoms with E-state index in [0.29, 0.717) is 0 Å². The zero-order valence-electron chi connectivity index (χ0n) is 17.9. The Morgan fingerprint density at radius 2 is 1.53 bits per heavy atom. The van der Waals surface area contributed by atoms with Gasteiger partial charge in [0.2, 0.25) is 10.0 Å². The van der Waals surface area contributed by atoms with Gasteiger partial charge < -0.3 is 10.4 Å². The minimum Gasteiger partial charge on any atom is -0.505 e. The van der Waals surface area contributed by atoms with Crippen LogP contribution >= 0.6 is 23.2 Å². The van der Waals surface area contributed by atoms with Gasteiger partial charge in [0.15, 0.2) is 15.6 Å². The molecule has 0 spiro atoms. The highest BCUT2D eigenvalue weighted by atomic mass is 35.5. The summed E-state index contributed by atoms with van der Waals surface area (Å²) in [4.78, 5) is 12.5. The Kier molecular flexibility index (Phi) is 8.22. The predicted molar refractivity (Wildman–Crippen MR) is 125 cm³/mol. The van der Waals surface area contributed by atoms with Gasteiger partial charge in [0.25, 0.3) is 5.91 Å². The number of nitrogens with one attached hydrogen (secondary N) is 1. The van der Waals surface area contributed by atoms with Crippen LogP contribution in [-0.2, 0) is 26.3 Å². The molecule has 2 N–H and O–H groups in total. The number of aryl methyl sites for hydroxylation is 1. The van der Waals surface area contributed by atoms with Gasteiger partial charge in [-0.15, -0.1) is 0 Å². The fourth-order valence-electron chi connectivity index (χ4n) is 3.21. The molecule has 2 aromatic carbocycles. The number of sulfone groups is 1. The summed E-state index contributed by atoms with van der Waals surface area (Å²) >= 11 is 11.7. The van der Waals surface area contributed by atoms with Crippen LogP contribution in [0.4, 0.5) is 5.69 Å². The number of phenolic OH excluding ortho intramolecular Hbond substituents is 1. The van der Waals surface area contributed by atoms with Crippen LogP contribution in [0.3, 0.4) is 0 Å². The number of nitrogens with zero attached hydrogens (tertiary/aromatic N) is 1. The summed E-state index contributed by atoms with van der Waals surface area (Å²) in [6.07, 6.45) is 1.19. The average molecular weight is 523 g/mol. The number of anilines is 1. The molecule has 0 bridgehead atoms. The van der Waals surface area contributed by atoms with Crippen LogP contribution in [0, 0.1) is 0 Å². The second-order valence-electron chi connectivity index (χ2n) is 6.92. The van der Waals surface area contributed by atoms with Crippen molar-refractivity contribution in [1.82, 2.24) is 4.31 Å². The zero-order chi connectivity index (χ0) is 24.4. The first kappa shape index (κ1) is 26.4. The molecule has 0 fully saturated rings. The van der Waals surface area contributed by atoms with E-state index in [1.54, 1.807) is 20.8 Å². The second-order valence-corrected chi connectivity index (χ2v) is 11.6. The molecule has 0 aliphatic rings. The van der Waals surface area contributed by atoms with Crippen molar-refractivity contribution in [3.8, 4) is 5.75 Å². The summed E-state index contributed by atoms with van der Waals surface area (Å²) in [5, 5.41) is 11.8. The Bertz CT molecular complexity index is 1230. The van der Waals surface area contributed by atoms with Crippen molar-refractivity contribution >= 4 is 54.7 Å². The molecule has 2 aromatic rings. The van der Waals surface area contributed by atoms with E-state index in [0.717, 1.165) is 24.5 Å². The van der Waals surface area contributed by atoms with Gasteiger partial charge in [-0.05, 0) is 36.2 Å². The molecule has 0 aliphatic carbocycles. The molecule has 0 radical (unpaired) electrons. The fraction of sp³-hybridized carbons (Fsp3) is 0.350. The standard InChI is InChI=1S/C20H24Cl2N2O6S2/c1-5-12-8-14(32(29,30)24(6-2)7-3)11-17(19(12)31(4,27)28)23-20(26)13-9-15(21)18(25)16(22)10-13/h8-11,25H,5-7H2,1-4H3,(H,23,26). The van der Waals surface area contributed by atoms with Crippen molar-refractivity contribution in [2.24, 2.45) is 0 Å². The molecule has 0 aliphatic heterocycles. The average Bonchev–Trinajstić information content (AvgIpc) is 2.70. The maximum atomic E-state index is 13.1. The topological polar surface area (TPSA) is 121 Å². The summed E-state index contributed by atoms with van der Waals surface area (Å²) in [6, 6.07) is 4.77. The van der Waals surface area contributed by atoms with Crippen molar-refractivity contribution in [3.05, 3.63) is 45.4 Å². The van der Waals surface area contributed by atoms with Gasteiger partial charge in [-0.1, -0.05) is 44.0 Å². The van der Waals surface area contributed by atoms with Gasteiger partial charge in [0.1, 0.15) is 0 Å². The first-order valence-electron chi connectivity index (χ1n) is 9.64. The number of rotatable bonds is 8. The molecule has 0 heterocycles. The zero-order valence-corrected chi connectivity index (χ0v) is 21.1. The van der Waals surface area contributed by atoms with Crippen LogP contribution in [0.25, 0.3) is 0 Å². The lowest BCUT2D eigenvalue weighted by molar-refractivity contribution is 0.102. The number of amides is 1.